The van der Waals surface area contributed by atoms with E-state index in [-0.39, 0.29) is 5.91 Å². The van der Waals surface area contributed by atoms with Gasteiger partial charge in [-0.25, -0.2) is 4.79 Å². The summed E-state index contributed by atoms with van der Waals surface area (Å²) in [5, 5.41) is 10.3. The third-order valence-electron chi connectivity index (χ3n) is 2.53. The Labute approximate surface area is 123 Å². The minimum absolute atomic E-state index is 0.172. The standard InChI is InChI=1S/C14H20N4O3/c1-4-15-14(21)18-13(20)9(2)16-11-6-5-7-12(8-11)17-10(3)19/h5-9,16H,4H2,1-3H3,(H,17,19)(H2,15,18,20,21)/t9-/m1/s1. The lowest BCUT2D eigenvalue weighted by molar-refractivity contribution is -0.120. The van der Waals surface area contributed by atoms with Crippen molar-refractivity contribution in [3.05, 3.63) is 24.3 Å². The van der Waals surface area contributed by atoms with Crippen molar-refractivity contribution in [1.29, 1.82) is 0 Å². The molecule has 0 aliphatic rings. The largest absolute Gasteiger partial charge is 0.374 e. The summed E-state index contributed by atoms with van der Waals surface area (Å²) in [7, 11) is 0. The van der Waals surface area contributed by atoms with Gasteiger partial charge in [0.1, 0.15) is 6.04 Å². The molecular formula is C14H20N4O3. The molecule has 1 aromatic rings. The fourth-order valence-electron chi connectivity index (χ4n) is 1.63. The number of nitrogens with one attached hydrogen (secondary N) is 4. The molecule has 114 valence electrons. The number of amides is 4. The molecule has 0 aromatic heterocycles. The van der Waals surface area contributed by atoms with Crippen molar-refractivity contribution in [1.82, 2.24) is 10.6 Å². The average molecular weight is 292 g/mol. The molecule has 1 atom stereocenters. The van der Waals surface area contributed by atoms with Crippen LogP contribution in [0.1, 0.15) is 20.8 Å². The zero-order chi connectivity index (χ0) is 15.8. The van der Waals surface area contributed by atoms with Crippen LogP contribution < -0.4 is 21.3 Å². The fourth-order valence-corrected chi connectivity index (χ4v) is 1.63. The lowest BCUT2D eigenvalue weighted by Crippen LogP contribution is -2.45. The summed E-state index contributed by atoms with van der Waals surface area (Å²) in [5.74, 6) is -0.611. The Balaban J connectivity index is 2.61. The summed E-state index contributed by atoms with van der Waals surface area (Å²) in [6, 6.07) is 5.84. The maximum absolute atomic E-state index is 11.8. The lowest BCUT2D eigenvalue weighted by Gasteiger charge is -2.15. The highest BCUT2D eigenvalue weighted by atomic mass is 16.2. The molecule has 1 aromatic carbocycles. The molecule has 0 aliphatic heterocycles. The highest BCUT2D eigenvalue weighted by Crippen LogP contribution is 2.15. The minimum atomic E-state index is -0.597. The Kier molecular flexibility index (Phi) is 6.19. The van der Waals surface area contributed by atoms with Crippen molar-refractivity contribution >= 4 is 29.2 Å². The van der Waals surface area contributed by atoms with E-state index in [9.17, 15) is 14.4 Å². The van der Waals surface area contributed by atoms with Crippen molar-refractivity contribution in [3.8, 4) is 0 Å². The molecule has 7 nitrogen and oxygen atoms in total. The zero-order valence-electron chi connectivity index (χ0n) is 12.3. The molecule has 0 aliphatic carbocycles. The Bertz CT molecular complexity index is 531. The van der Waals surface area contributed by atoms with E-state index in [0.717, 1.165) is 0 Å². The van der Waals surface area contributed by atoms with Gasteiger partial charge in [0, 0.05) is 24.8 Å². The van der Waals surface area contributed by atoms with E-state index in [1.807, 2.05) is 0 Å². The predicted molar refractivity (Wildman–Crippen MR) is 81.0 cm³/mol. The molecule has 0 saturated heterocycles. The molecule has 7 heteroatoms. The van der Waals surface area contributed by atoms with Crippen molar-refractivity contribution < 1.29 is 14.4 Å². The van der Waals surface area contributed by atoms with Gasteiger partial charge in [-0.05, 0) is 32.0 Å². The third-order valence-corrected chi connectivity index (χ3v) is 2.53. The van der Waals surface area contributed by atoms with Crippen LogP contribution in [-0.4, -0.2) is 30.4 Å². The Morgan fingerprint density at radius 3 is 2.48 bits per heavy atom. The number of carbonyl (C=O) groups excluding carboxylic acids is 3. The first-order valence-electron chi connectivity index (χ1n) is 6.65. The summed E-state index contributed by atoms with van der Waals surface area (Å²) in [6.07, 6.45) is 0. The van der Waals surface area contributed by atoms with E-state index in [4.69, 9.17) is 0 Å². The predicted octanol–water partition coefficient (Wildman–Crippen LogP) is 1.29. The van der Waals surface area contributed by atoms with Gasteiger partial charge in [-0.2, -0.15) is 0 Å². The molecule has 0 radical (unpaired) electrons. The van der Waals surface area contributed by atoms with E-state index in [1.54, 1.807) is 38.1 Å². The molecule has 1 rings (SSSR count). The van der Waals surface area contributed by atoms with Gasteiger partial charge in [-0.15, -0.1) is 0 Å². The molecule has 21 heavy (non-hydrogen) atoms. The topological polar surface area (TPSA) is 99.3 Å². The summed E-state index contributed by atoms with van der Waals surface area (Å²) in [5.41, 5.74) is 1.30. The third kappa shape index (κ3) is 5.94. The smallest absolute Gasteiger partial charge is 0.321 e. The molecule has 0 bridgehead atoms. The lowest BCUT2D eigenvalue weighted by atomic mass is 10.2. The summed E-state index contributed by atoms with van der Waals surface area (Å²) in [4.78, 5) is 34.1. The van der Waals surface area contributed by atoms with Crippen LogP contribution in [0, 0.1) is 0 Å². The van der Waals surface area contributed by atoms with Crippen molar-refractivity contribution in [3.63, 3.8) is 0 Å². The van der Waals surface area contributed by atoms with Gasteiger partial charge in [-0.1, -0.05) is 6.07 Å². The van der Waals surface area contributed by atoms with Crippen molar-refractivity contribution in [2.24, 2.45) is 0 Å². The summed E-state index contributed by atoms with van der Waals surface area (Å²) in [6.45, 7) is 5.26. The molecular weight excluding hydrogens is 272 g/mol. The van der Waals surface area contributed by atoms with Crippen molar-refractivity contribution in [2.45, 2.75) is 26.8 Å². The van der Waals surface area contributed by atoms with Gasteiger partial charge in [0.05, 0.1) is 0 Å². The number of urea groups is 1. The highest BCUT2D eigenvalue weighted by molar-refractivity contribution is 5.98. The number of imide groups is 1. The second kappa shape index (κ2) is 7.88. The first-order chi connectivity index (χ1) is 9.92. The van der Waals surface area contributed by atoms with Crippen LogP contribution in [0.2, 0.25) is 0 Å². The van der Waals surface area contributed by atoms with Crippen LogP contribution in [0.25, 0.3) is 0 Å². The fraction of sp³-hybridized carbons (Fsp3) is 0.357. The van der Waals surface area contributed by atoms with Crippen LogP contribution in [0.3, 0.4) is 0 Å². The molecule has 0 saturated carbocycles. The maximum Gasteiger partial charge on any atom is 0.321 e. The molecule has 4 amide bonds. The van der Waals surface area contributed by atoms with Gasteiger partial charge >= 0.3 is 6.03 Å². The quantitative estimate of drug-likeness (QED) is 0.657. The molecule has 0 heterocycles. The number of hydrogen-bond donors (Lipinski definition) is 4. The van der Waals surface area contributed by atoms with Crippen LogP contribution in [0.5, 0.6) is 0 Å². The van der Waals surface area contributed by atoms with E-state index < -0.39 is 18.0 Å². The van der Waals surface area contributed by atoms with Gasteiger partial charge in [-0.3, -0.25) is 14.9 Å². The Morgan fingerprint density at radius 2 is 1.86 bits per heavy atom. The summed E-state index contributed by atoms with van der Waals surface area (Å²) >= 11 is 0. The van der Waals surface area contributed by atoms with Gasteiger partial charge in [0.15, 0.2) is 0 Å². The maximum atomic E-state index is 11.8. The molecule has 0 unspecified atom stereocenters. The Hall–Kier alpha value is -2.57. The number of benzene rings is 1. The van der Waals surface area contributed by atoms with Crippen LogP contribution in [0.15, 0.2) is 24.3 Å². The van der Waals surface area contributed by atoms with Crippen LogP contribution in [-0.2, 0) is 9.59 Å². The summed E-state index contributed by atoms with van der Waals surface area (Å²) < 4.78 is 0. The van der Waals surface area contributed by atoms with E-state index in [2.05, 4.69) is 21.3 Å². The second-order valence-corrected chi connectivity index (χ2v) is 4.48. The second-order valence-electron chi connectivity index (χ2n) is 4.48. The minimum Gasteiger partial charge on any atom is -0.374 e. The van der Waals surface area contributed by atoms with Gasteiger partial charge in [0.25, 0.3) is 0 Å². The Morgan fingerprint density at radius 1 is 1.19 bits per heavy atom. The SMILES string of the molecule is CCNC(=O)NC(=O)[C@@H](C)Nc1cccc(NC(C)=O)c1. The number of carbonyl (C=O) groups is 3. The normalized spacial score (nSPS) is 11.2. The van der Waals surface area contributed by atoms with E-state index in [0.29, 0.717) is 17.9 Å². The first-order valence-corrected chi connectivity index (χ1v) is 6.65. The number of rotatable bonds is 5. The van der Waals surface area contributed by atoms with Gasteiger partial charge in [0.2, 0.25) is 11.8 Å². The van der Waals surface area contributed by atoms with Crippen molar-refractivity contribution in [2.75, 3.05) is 17.2 Å². The van der Waals surface area contributed by atoms with Crippen LogP contribution >= 0.6 is 0 Å². The molecule has 0 fully saturated rings. The molecule has 0 spiro atoms. The first kappa shape index (κ1) is 16.5. The monoisotopic (exact) mass is 292 g/mol. The average Bonchev–Trinajstić information content (AvgIpc) is 2.38. The number of hydrogen-bond acceptors (Lipinski definition) is 4. The number of anilines is 2. The molecule has 4 N–H and O–H groups in total. The van der Waals surface area contributed by atoms with Crippen LogP contribution in [0.4, 0.5) is 16.2 Å². The highest BCUT2D eigenvalue weighted by Gasteiger charge is 2.15. The van der Waals surface area contributed by atoms with E-state index >= 15 is 0 Å². The zero-order valence-corrected chi connectivity index (χ0v) is 12.3. The van der Waals surface area contributed by atoms with E-state index in [1.165, 1.54) is 6.92 Å². The van der Waals surface area contributed by atoms with Gasteiger partial charge < -0.3 is 16.0 Å².